The summed E-state index contributed by atoms with van der Waals surface area (Å²) in [6, 6.07) is 0.875. The van der Waals surface area contributed by atoms with Crippen molar-refractivity contribution in [3.63, 3.8) is 0 Å². The minimum atomic E-state index is 0.875. The van der Waals surface area contributed by atoms with Gasteiger partial charge >= 0.3 is 0 Å². The summed E-state index contributed by atoms with van der Waals surface area (Å²) in [7, 11) is 0. The summed E-state index contributed by atoms with van der Waals surface area (Å²) in [5.41, 5.74) is 0. The highest BCUT2D eigenvalue weighted by Crippen LogP contribution is 2.40. The average molecular weight is 290 g/mol. The Kier molecular flexibility index (Phi) is 3.82. The molecule has 4 heteroatoms. The third-order valence-electron chi connectivity index (χ3n) is 5.95. The summed E-state index contributed by atoms with van der Waals surface area (Å²) in [6.07, 6.45) is 7.09. The van der Waals surface area contributed by atoms with Crippen LogP contribution < -0.4 is 5.32 Å². The quantitative estimate of drug-likeness (QED) is 0.635. The van der Waals surface area contributed by atoms with Crippen molar-refractivity contribution >= 4 is 5.96 Å². The molecular formula is C17H30N4. The lowest BCUT2D eigenvalue weighted by atomic mass is 9.90. The van der Waals surface area contributed by atoms with Gasteiger partial charge in [0.15, 0.2) is 5.96 Å². The molecule has 1 N–H and O–H groups in total. The fraction of sp³-hybridized carbons (Fsp3) is 0.941. The Hall–Kier alpha value is -0.770. The molecule has 0 radical (unpaired) electrons. The SMILES string of the molecule is CCNC(=NCC1CC1)N1CC2CN3CCCCC3C2C1. The number of nitrogens with zero attached hydrogens (tertiary/aromatic N) is 3. The molecule has 21 heavy (non-hydrogen) atoms. The highest BCUT2D eigenvalue weighted by Gasteiger charge is 2.47. The fourth-order valence-electron chi connectivity index (χ4n) is 4.67. The first-order valence-corrected chi connectivity index (χ1v) is 9.12. The van der Waals surface area contributed by atoms with E-state index in [1.54, 1.807) is 0 Å². The minimum absolute atomic E-state index is 0.875. The zero-order chi connectivity index (χ0) is 14.2. The molecular weight excluding hydrogens is 260 g/mol. The van der Waals surface area contributed by atoms with Crippen LogP contribution in [0.25, 0.3) is 0 Å². The molecule has 0 bridgehead atoms. The summed E-state index contributed by atoms with van der Waals surface area (Å²) >= 11 is 0. The largest absolute Gasteiger partial charge is 0.357 e. The molecule has 3 atom stereocenters. The second-order valence-electron chi connectivity index (χ2n) is 7.52. The van der Waals surface area contributed by atoms with Gasteiger partial charge in [0.1, 0.15) is 0 Å². The van der Waals surface area contributed by atoms with E-state index in [9.17, 15) is 0 Å². The standard InChI is InChI=1S/C17H30N4/c1-2-18-17(19-9-13-6-7-13)21-11-14-10-20-8-4-3-5-16(20)15(14)12-21/h13-16H,2-12H2,1H3,(H,18,19). The first-order valence-electron chi connectivity index (χ1n) is 9.12. The van der Waals surface area contributed by atoms with Crippen LogP contribution in [0.2, 0.25) is 0 Å². The predicted octanol–water partition coefficient (Wildman–Crippen LogP) is 1.78. The second-order valence-corrected chi connectivity index (χ2v) is 7.52. The number of aliphatic imine (C=N–C) groups is 1. The molecule has 0 aromatic carbocycles. The van der Waals surface area contributed by atoms with Crippen LogP contribution in [0, 0.1) is 17.8 Å². The van der Waals surface area contributed by atoms with Gasteiger partial charge in [0.05, 0.1) is 0 Å². The van der Waals surface area contributed by atoms with Crippen molar-refractivity contribution < 1.29 is 0 Å². The van der Waals surface area contributed by atoms with Gasteiger partial charge in [-0.15, -0.1) is 0 Å². The molecule has 4 nitrogen and oxygen atoms in total. The molecule has 0 aromatic rings. The molecule has 3 unspecified atom stereocenters. The van der Waals surface area contributed by atoms with Gasteiger partial charge in [-0.2, -0.15) is 0 Å². The van der Waals surface area contributed by atoms with Gasteiger partial charge in [0.25, 0.3) is 0 Å². The third kappa shape index (κ3) is 2.79. The Morgan fingerprint density at radius 3 is 2.86 bits per heavy atom. The number of guanidine groups is 1. The Morgan fingerprint density at radius 2 is 2.05 bits per heavy atom. The van der Waals surface area contributed by atoms with Gasteiger partial charge in [0, 0.05) is 38.8 Å². The van der Waals surface area contributed by atoms with E-state index in [0.29, 0.717) is 0 Å². The zero-order valence-corrected chi connectivity index (χ0v) is 13.4. The van der Waals surface area contributed by atoms with Crippen LogP contribution in [0.3, 0.4) is 0 Å². The number of rotatable bonds is 3. The number of nitrogens with one attached hydrogen (secondary N) is 1. The van der Waals surface area contributed by atoms with Crippen molar-refractivity contribution in [1.29, 1.82) is 0 Å². The average Bonchev–Trinajstić information content (AvgIpc) is 3.13. The normalized spacial score (nSPS) is 36.7. The summed E-state index contributed by atoms with van der Waals surface area (Å²) in [5, 5.41) is 3.53. The first kappa shape index (κ1) is 13.9. The van der Waals surface area contributed by atoms with E-state index >= 15 is 0 Å². The molecule has 0 spiro atoms. The van der Waals surface area contributed by atoms with Crippen molar-refractivity contribution in [2.75, 3.05) is 39.3 Å². The lowest BCUT2D eigenvalue weighted by molar-refractivity contribution is 0.164. The molecule has 0 aromatic heterocycles. The van der Waals surface area contributed by atoms with Crippen molar-refractivity contribution in [2.45, 2.75) is 45.1 Å². The first-order chi connectivity index (χ1) is 10.3. The third-order valence-corrected chi connectivity index (χ3v) is 5.95. The Labute approximate surface area is 129 Å². The number of piperidine rings is 1. The summed E-state index contributed by atoms with van der Waals surface area (Å²) in [6.45, 7) is 9.39. The van der Waals surface area contributed by atoms with Crippen LogP contribution in [0.15, 0.2) is 4.99 Å². The van der Waals surface area contributed by atoms with E-state index < -0.39 is 0 Å². The van der Waals surface area contributed by atoms with Gasteiger partial charge in [-0.05, 0) is 56.9 Å². The molecule has 4 fully saturated rings. The lowest BCUT2D eigenvalue weighted by Gasteiger charge is -2.33. The van der Waals surface area contributed by atoms with E-state index in [1.807, 2.05) is 0 Å². The Morgan fingerprint density at radius 1 is 1.14 bits per heavy atom. The fourth-order valence-corrected chi connectivity index (χ4v) is 4.67. The van der Waals surface area contributed by atoms with E-state index in [2.05, 4.69) is 22.0 Å². The molecule has 4 rings (SSSR count). The van der Waals surface area contributed by atoms with Crippen LogP contribution in [-0.2, 0) is 0 Å². The second kappa shape index (κ2) is 5.79. The van der Waals surface area contributed by atoms with Crippen molar-refractivity contribution in [3.8, 4) is 0 Å². The number of hydrogen-bond acceptors (Lipinski definition) is 2. The van der Waals surface area contributed by atoms with E-state index in [0.717, 1.165) is 36.9 Å². The number of hydrogen-bond donors (Lipinski definition) is 1. The smallest absolute Gasteiger partial charge is 0.193 e. The minimum Gasteiger partial charge on any atom is -0.357 e. The van der Waals surface area contributed by atoms with Crippen LogP contribution >= 0.6 is 0 Å². The molecule has 3 saturated heterocycles. The van der Waals surface area contributed by atoms with Gasteiger partial charge in [-0.25, -0.2) is 0 Å². The van der Waals surface area contributed by atoms with E-state index in [-0.39, 0.29) is 0 Å². The van der Waals surface area contributed by atoms with Crippen LogP contribution in [0.1, 0.15) is 39.0 Å². The van der Waals surface area contributed by atoms with Crippen molar-refractivity contribution in [2.24, 2.45) is 22.7 Å². The number of likely N-dealkylation sites (tertiary alicyclic amines) is 1. The van der Waals surface area contributed by atoms with Crippen LogP contribution in [-0.4, -0.2) is 61.1 Å². The molecule has 3 aliphatic heterocycles. The summed E-state index contributed by atoms with van der Waals surface area (Å²) in [4.78, 5) is 10.3. The highest BCUT2D eigenvalue weighted by atomic mass is 15.3. The molecule has 118 valence electrons. The van der Waals surface area contributed by atoms with Gasteiger partial charge < -0.3 is 10.2 Å². The topological polar surface area (TPSA) is 30.9 Å². The molecule has 3 heterocycles. The lowest BCUT2D eigenvalue weighted by Crippen LogP contribution is -2.44. The molecule has 1 saturated carbocycles. The Bertz CT molecular complexity index is 404. The van der Waals surface area contributed by atoms with E-state index in [4.69, 9.17) is 4.99 Å². The highest BCUT2D eigenvalue weighted by molar-refractivity contribution is 5.80. The van der Waals surface area contributed by atoms with Crippen molar-refractivity contribution in [1.82, 2.24) is 15.1 Å². The van der Waals surface area contributed by atoms with Crippen LogP contribution in [0.5, 0.6) is 0 Å². The maximum Gasteiger partial charge on any atom is 0.193 e. The molecule has 0 amide bonds. The van der Waals surface area contributed by atoms with E-state index in [1.165, 1.54) is 64.2 Å². The maximum atomic E-state index is 4.91. The maximum absolute atomic E-state index is 4.91. The number of fused-ring (bicyclic) bond motifs is 3. The molecule has 4 aliphatic rings. The van der Waals surface area contributed by atoms with Crippen LogP contribution in [0.4, 0.5) is 0 Å². The zero-order valence-electron chi connectivity index (χ0n) is 13.4. The van der Waals surface area contributed by atoms with Gasteiger partial charge in [-0.1, -0.05) is 6.42 Å². The monoisotopic (exact) mass is 290 g/mol. The summed E-state index contributed by atoms with van der Waals surface area (Å²) < 4.78 is 0. The van der Waals surface area contributed by atoms with Gasteiger partial charge in [-0.3, -0.25) is 9.89 Å². The van der Waals surface area contributed by atoms with Crippen molar-refractivity contribution in [3.05, 3.63) is 0 Å². The van der Waals surface area contributed by atoms with Gasteiger partial charge in [0.2, 0.25) is 0 Å². The predicted molar refractivity (Wildman–Crippen MR) is 86.5 cm³/mol. The molecule has 1 aliphatic carbocycles. The summed E-state index contributed by atoms with van der Waals surface area (Å²) in [5.74, 6) is 3.86. The Balaban J connectivity index is 1.41.